The predicted molar refractivity (Wildman–Crippen MR) is 118 cm³/mol. The highest BCUT2D eigenvalue weighted by Gasteiger charge is 2.26. The molecule has 1 fully saturated rings. The molecule has 0 radical (unpaired) electrons. The number of thiazole rings is 1. The van der Waals surface area contributed by atoms with E-state index in [9.17, 15) is 4.79 Å². The van der Waals surface area contributed by atoms with Gasteiger partial charge in [0.15, 0.2) is 0 Å². The monoisotopic (exact) mass is 427 g/mol. The highest BCUT2D eigenvalue weighted by molar-refractivity contribution is 7.21. The molecule has 29 heavy (non-hydrogen) atoms. The van der Waals surface area contributed by atoms with Gasteiger partial charge < -0.3 is 9.64 Å². The molecule has 1 aromatic carbocycles. The lowest BCUT2D eigenvalue weighted by atomic mass is 10.1. The van der Waals surface area contributed by atoms with Crippen molar-refractivity contribution in [1.29, 1.82) is 0 Å². The smallest absolute Gasteiger partial charge is 0.266 e. The average molecular weight is 428 g/mol. The van der Waals surface area contributed by atoms with Gasteiger partial charge in [-0.25, -0.2) is 4.98 Å². The zero-order chi connectivity index (χ0) is 20.1. The molecule has 3 heterocycles. The highest BCUT2D eigenvalue weighted by Crippen LogP contribution is 2.30. The Kier molecular flexibility index (Phi) is 6.71. The summed E-state index contributed by atoms with van der Waals surface area (Å²) >= 11 is 3.12. The number of thiophene rings is 1. The number of rotatable bonds is 7. The van der Waals surface area contributed by atoms with Crippen LogP contribution in [0.3, 0.4) is 0 Å². The molecule has 1 atom stereocenters. The van der Waals surface area contributed by atoms with Crippen molar-refractivity contribution in [3.05, 3.63) is 64.5 Å². The standard InChI is InChI=1S/C22H25N3O2S2/c1-17(15-24-9-11-27-12-10-24)25(16-18-6-3-2-4-7-18)22(26)20-14-23-21(29-20)19-8-5-13-28-19/h2-8,13-14,17H,9-12,15-16H2,1H3. The van der Waals surface area contributed by atoms with E-state index < -0.39 is 0 Å². The van der Waals surface area contributed by atoms with E-state index in [1.54, 1.807) is 17.5 Å². The molecule has 1 aliphatic rings. The molecule has 1 amide bonds. The average Bonchev–Trinajstić information content (AvgIpc) is 3.45. The maximum atomic E-state index is 13.5. The predicted octanol–water partition coefficient (Wildman–Crippen LogP) is 4.23. The molecule has 5 nitrogen and oxygen atoms in total. The van der Waals surface area contributed by atoms with Crippen LogP contribution < -0.4 is 0 Å². The largest absolute Gasteiger partial charge is 0.379 e. The Bertz CT molecular complexity index is 905. The lowest BCUT2D eigenvalue weighted by molar-refractivity contribution is 0.0229. The van der Waals surface area contributed by atoms with Crippen LogP contribution in [-0.4, -0.2) is 59.6 Å². The number of morpholine rings is 1. The van der Waals surface area contributed by atoms with Crippen molar-refractivity contribution in [3.8, 4) is 9.88 Å². The number of aromatic nitrogens is 1. The van der Waals surface area contributed by atoms with Crippen LogP contribution in [0.25, 0.3) is 9.88 Å². The second-order valence-corrected chi connectivity index (χ2v) is 9.17. The van der Waals surface area contributed by atoms with Crippen LogP contribution in [0, 0.1) is 0 Å². The minimum Gasteiger partial charge on any atom is -0.379 e. The number of hydrogen-bond donors (Lipinski definition) is 0. The topological polar surface area (TPSA) is 45.7 Å². The van der Waals surface area contributed by atoms with Crippen LogP contribution in [0.5, 0.6) is 0 Å². The maximum Gasteiger partial charge on any atom is 0.266 e. The van der Waals surface area contributed by atoms with Crippen molar-refractivity contribution < 1.29 is 9.53 Å². The minimum absolute atomic E-state index is 0.0509. The number of nitrogens with zero attached hydrogens (tertiary/aromatic N) is 3. The Morgan fingerprint density at radius 2 is 2.00 bits per heavy atom. The minimum atomic E-state index is 0.0509. The maximum absolute atomic E-state index is 13.5. The molecule has 7 heteroatoms. The van der Waals surface area contributed by atoms with E-state index in [0.717, 1.165) is 48.3 Å². The molecule has 0 saturated carbocycles. The van der Waals surface area contributed by atoms with E-state index in [0.29, 0.717) is 11.4 Å². The van der Waals surface area contributed by atoms with Gasteiger partial charge in [-0.05, 0) is 23.9 Å². The van der Waals surface area contributed by atoms with Crippen LogP contribution in [0.4, 0.5) is 0 Å². The normalized spacial score (nSPS) is 15.9. The lowest BCUT2D eigenvalue weighted by Crippen LogP contribution is -2.47. The van der Waals surface area contributed by atoms with Gasteiger partial charge in [0, 0.05) is 32.2 Å². The van der Waals surface area contributed by atoms with Gasteiger partial charge in [0.1, 0.15) is 9.88 Å². The summed E-state index contributed by atoms with van der Waals surface area (Å²) in [4.78, 5) is 24.1. The van der Waals surface area contributed by atoms with Crippen molar-refractivity contribution in [2.24, 2.45) is 0 Å². The Morgan fingerprint density at radius 3 is 2.72 bits per heavy atom. The Balaban J connectivity index is 1.54. The Labute approximate surface area is 179 Å². The zero-order valence-electron chi connectivity index (χ0n) is 16.5. The molecule has 3 aromatic rings. The first-order chi connectivity index (χ1) is 14.2. The number of benzene rings is 1. The number of hydrogen-bond acceptors (Lipinski definition) is 6. The van der Waals surface area contributed by atoms with Crippen molar-refractivity contribution in [2.75, 3.05) is 32.8 Å². The summed E-state index contributed by atoms with van der Waals surface area (Å²) in [6.45, 7) is 6.94. The first-order valence-electron chi connectivity index (χ1n) is 9.85. The van der Waals surface area contributed by atoms with Crippen LogP contribution in [-0.2, 0) is 11.3 Å². The fourth-order valence-electron chi connectivity index (χ4n) is 3.49. The van der Waals surface area contributed by atoms with E-state index in [-0.39, 0.29) is 11.9 Å². The van der Waals surface area contributed by atoms with E-state index in [4.69, 9.17) is 4.74 Å². The van der Waals surface area contributed by atoms with Gasteiger partial charge in [0.2, 0.25) is 0 Å². The first kappa shape index (κ1) is 20.2. The van der Waals surface area contributed by atoms with Gasteiger partial charge in [-0.2, -0.15) is 0 Å². The zero-order valence-corrected chi connectivity index (χ0v) is 18.1. The molecule has 0 bridgehead atoms. The molecule has 1 saturated heterocycles. The summed E-state index contributed by atoms with van der Waals surface area (Å²) in [5.74, 6) is 0.0509. The number of ether oxygens (including phenoxy) is 1. The van der Waals surface area contributed by atoms with Crippen molar-refractivity contribution in [2.45, 2.75) is 19.5 Å². The van der Waals surface area contributed by atoms with E-state index in [1.165, 1.54) is 11.3 Å². The summed E-state index contributed by atoms with van der Waals surface area (Å²) in [7, 11) is 0. The SMILES string of the molecule is CC(CN1CCOCC1)N(Cc1ccccc1)C(=O)c1cnc(-c2cccs2)s1. The third-order valence-electron chi connectivity index (χ3n) is 5.06. The molecule has 0 spiro atoms. The van der Waals surface area contributed by atoms with Gasteiger partial charge in [0.25, 0.3) is 5.91 Å². The van der Waals surface area contributed by atoms with Crippen LogP contribution >= 0.6 is 22.7 Å². The van der Waals surface area contributed by atoms with Gasteiger partial charge in [-0.3, -0.25) is 9.69 Å². The molecule has 1 unspecified atom stereocenters. The highest BCUT2D eigenvalue weighted by atomic mass is 32.1. The van der Waals surface area contributed by atoms with E-state index in [2.05, 4.69) is 28.9 Å². The lowest BCUT2D eigenvalue weighted by Gasteiger charge is -2.35. The fraction of sp³-hybridized carbons (Fsp3) is 0.364. The molecular formula is C22H25N3O2S2. The van der Waals surface area contributed by atoms with Crippen molar-refractivity contribution >= 4 is 28.6 Å². The molecule has 0 N–H and O–H groups in total. The van der Waals surface area contributed by atoms with Crippen molar-refractivity contribution in [1.82, 2.24) is 14.8 Å². The summed E-state index contributed by atoms with van der Waals surface area (Å²) in [6, 6.07) is 14.3. The number of amides is 1. The third kappa shape index (κ3) is 5.11. The third-order valence-corrected chi connectivity index (χ3v) is 7.09. The second-order valence-electron chi connectivity index (χ2n) is 7.19. The van der Waals surface area contributed by atoms with Gasteiger partial charge in [-0.1, -0.05) is 36.4 Å². The Morgan fingerprint density at radius 1 is 1.21 bits per heavy atom. The van der Waals surface area contributed by atoms with Crippen molar-refractivity contribution in [3.63, 3.8) is 0 Å². The first-order valence-corrected chi connectivity index (χ1v) is 11.5. The molecule has 0 aliphatic carbocycles. The fourth-order valence-corrected chi connectivity index (χ4v) is 5.17. The number of carbonyl (C=O) groups excluding carboxylic acids is 1. The van der Waals surface area contributed by atoms with E-state index >= 15 is 0 Å². The second kappa shape index (κ2) is 9.63. The van der Waals surface area contributed by atoms with Crippen LogP contribution in [0.15, 0.2) is 54.0 Å². The molecule has 2 aromatic heterocycles. The quantitative estimate of drug-likeness (QED) is 0.566. The number of carbonyl (C=O) groups is 1. The molecule has 1 aliphatic heterocycles. The molecular weight excluding hydrogens is 402 g/mol. The Hall–Kier alpha value is -2.06. The summed E-state index contributed by atoms with van der Waals surface area (Å²) < 4.78 is 5.46. The van der Waals surface area contributed by atoms with Crippen LogP contribution in [0.2, 0.25) is 0 Å². The molecule has 152 valence electrons. The van der Waals surface area contributed by atoms with E-state index in [1.807, 2.05) is 40.6 Å². The van der Waals surface area contributed by atoms with Gasteiger partial charge >= 0.3 is 0 Å². The van der Waals surface area contributed by atoms with Gasteiger partial charge in [0.05, 0.1) is 24.3 Å². The summed E-state index contributed by atoms with van der Waals surface area (Å²) in [5.41, 5.74) is 1.14. The van der Waals surface area contributed by atoms with Crippen LogP contribution in [0.1, 0.15) is 22.2 Å². The van der Waals surface area contributed by atoms with Gasteiger partial charge in [-0.15, -0.1) is 22.7 Å². The summed E-state index contributed by atoms with van der Waals surface area (Å²) in [5, 5.41) is 2.94. The molecule has 4 rings (SSSR count). The summed E-state index contributed by atoms with van der Waals surface area (Å²) in [6.07, 6.45) is 1.72.